The molecule has 0 aromatic heterocycles. The number of nitrogens with zero attached hydrogens (tertiary/aromatic N) is 2. The van der Waals surface area contributed by atoms with E-state index in [0.29, 0.717) is 11.5 Å². The summed E-state index contributed by atoms with van der Waals surface area (Å²) < 4.78 is 0.939. The van der Waals surface area contributed by atoms with Gasteiger partial charge in [-0.15, -0.1) is 12.6 Å². The first-order valence-electron chi connectivity index (χ1n) is 6.40. The van der Waals surface area contributed by atoms with Crippen LogP contribution in [-0.4, -0.2) is 49.4 Å². The summed E-state index contributed by atoms with van der Waals surface area (Å²) in [6.45, 7) is 3.01. The SMILES string of the molecule is CN1CCC(CN(C)C(=O)c2ccc(Br)cc2S)C1. The van der Waals surface area contributed by atoms with Crippen molar-refractivity contribution in [3.8, 4) is 0 Å². The Labute approximate surface area is 128 Å². The Hall–Kier alpha value is -0.520. The standard InChI is InChI=1S/C14H19BrN2OS/c1-16-6-5-10(8-16)9-17(2)14(18)12-4-3-11(15)7-13(12)19/h3-4,7,10,19H,5-6,8-9H2,1-2H3. The zero-order chi connectivity index (χ0) is 14.0. The third-order valence-corrected chi connectivity index (χ3v) is 4.42. The molecule has 0 radical (unpaired) electrons. The fraction of sp³-hybridized carbons (Fsp3) is 0.500. The Morgan fingerprint density at radius 3 is 2.89 bits per heavy atom. The lowest BCUT2D eigenvalue weighted by atomic mass is 10.1. The van der Waals surface area contributed by atoms with E-state index in [-0.39, 0.29) is 5.91 Å². The van der Waals surface area contributed by atoms with Crippen molar-refractivity contribution < 1.29 is 4.79 Å². The fourth-order valence-electron chi connectivity index (χ4n) is 2.54. The minimum Gasteiger partial charge on any atom is -0.341 e. The number of likely N-dealkylation sites (tertiary alicyclic amines) is 1. The summed E-state index contributed by atoms with van der Waals surface area (Å²) in [5, 5.41) is 0. The highest BCUT2D eigenvalue weighted by atomic mass is 79.9. The first-order chi connectivity index (χ1) is 8.97. The van der Waals surface area contributed by atoms with Gasteiger partial charge in [-0.3, -0.25) is 4.79 Å². The third kappa shape index (κ3) is 3.74. The van der Waals surface area contributed by atoms with Crippen molar-refractivity contribution in [2.45, 2.75) is 11.3 Å². The van der Waals surface area contributed by atoms with Crippen LogP contribution in [0, 0.1) is 5.92 Å². The van der Waals surface area contributed by atoms with Crippen molar-refractivity contribution in [1.29, 1.82) is 0 Å². The lowest BCUT2D eigenvalue weighted by molar-refractivity contribution is 0.0770. The van der Waals surface area contributed by atoms with E-state index >= 15 is 0 Å². The van der Waals surface area contributed by atoms with E-state index in [1.807, 2.05) is 30.1 Å². The van der Waals surface area contributed by atoms with Crippen LogP contribution in [0.5, 0.6) is 0 Å². The molecule has 1 aromatic rings. The van der Waals surface area contributed by atoms with Crippen molar-refractivity contribution in [2.75, 3.05) is 33.7 Å². The van der Waals surface area contributed by atoms with Crippen LogP contribution in [0.4, 0.5) is 0 Å². The Balaban J connectivity index is 2.02. The number of halogens is 1. The lowest BCUT2D eigenvalue weighted by Crippen LogP contribution is -2.33. The van der Waals surface area contributed by atoms with Gasteiger partial charge in [-0.25, -0.2) is 0 Å². The van der Waals surface area contributed by atoms with Gasteiger partial charge in [-0.2, -0.15) is 0 Å². The molecular formula is C14H19BrN2OS. The highest BCUT2D eigenvalue weighted by molar-refractivity contribution is 9.10. The molecule has 1 aromatic carbocycles. The summed E-state index contributed by atoms with van der Waals surface area (Å²) in [6, 6.07) is 5.56. The van der Waals surface area contributed by atoms with E-state index in [0.717, 1.165) is 29.0 Å². The van der Waals surface area contributed by atoms with Gasteiger partial charge in [0.1, 0.15) is 0 Å². The quantitative estimate of drug-likeness (QED) is 0.854. The predicted molar refractivity (Wildman–Crippen MR) is 84.0 cm³/mol. The first kappa shape index (κ1) is 14.9. The molecule has 1 fully saturated rings. The van der Waals surface area contributed by atoms with Crippen molar-refractivity contribution in [1.82, 2.24) is 9.80 Å². The Kier molecular flexibility index (Phi) is 4.92. The monoisotopic (exact) mass is 342 g/mol. The van der Waals surface area contributed by atoms with Crippen LogP contribution in [0.2, 0.25) is 0 Å². The topological polar surface area (TPSA) is 23.6 Å². The van der Waals surface area contributed by atoms with Crippen LogP contribution in [0.15, 0.2) is 27.6 Å². The molecule has 19 heavy (non-hydrogen) atoms. The summed E-state index contributed by atoms with van der Waals surface area (Å²) in [5.74, 6) is 0.629. The van der Waals surface area contributed by atoms with Gasteiger partial charge in [-0.05, 0) is 44.1 Å². The van der Waals surface area contributed by atoms with Crippen LogP contribution in [0.25, 0.3) is 0 Å². The minimum absolute atomic E-state index is 0.0482. The maximum absolute atomic E-state index is 12.4. The van der Waals surface area contributed by atoms with Crippen molar-refractivity contribution in [3.63, 3.8) is 0 Å². The van der Waals surface area contributed by atoms with Crippen LogP contribution in [0.3, 0.4) is 0 Å². The number of rotatable bonds is 3. The number of carbonyl (C=O) groups excluding carboxylic acids is 1. The number of benzene rings is 1. The summed E-state index contributed by atoms with van der Waals surface area (Å²) in [4.78, 5) is 17.2. The smallest absolute Gasteiger partial charge is 0.254 e. The molecule has 1 atom stereocenters. The Morgan fingerprint density at radius 2 is 2.32 bits per heavy atom. The molecule has 0 bridgehead atoms. The molecule has 1 aliphatic rings. The predicted octanol–water partition coefficient (Wildman–Crippen LogP) is 2.76. The molecule has 0 spiro atoms. The van der Waals surface area contributed by atoms with E-state index in [1.54, 1.807) is 0 Å². The molecule has 104 valence electrons. The molecule has 0 N–H and O–H groups in total. The molecule has 3 nitrogen and oxygen atoms in total. The second-order valence-corrected chi connectivity index (χ2v) is 6.66. The summed E-state index contributed by atoms with van der Waals surface area (Å²) >= 11 is 7.76. The lowest BCUT2D eigenvalue weighted by Gasteiger charge is -2.22. The molecule has 1 amide bonds. The maximum Gasteiger partial charge on any atom is 0.254 e. The van der Waals surface area contributed by atoms with Crippen LogP contribution in [0.1, 0.15) is 16.8 Å². The molecule has 1 aliphatic heterocycles. The molecule has 0 aliphatic carbocycles. The second kappa shape index (κ2) is 6.29. The largest absolute Gasteiger partial charge is 0.341 e. The summed E-state index contributed by atoms with van der Waals surface area (Å²) in [7, 11) is 4.00. The molecular weight excluding hydrogens is 324 g/mol. The van der Waals surface area contributed by atoms with Gasteiger partial charge in [0, 0.05) is 29.5 Å². The Morgan fingerprint density at radius 1 is 1.58 bits per heavy atom. The molecule has 1 saturated heterocycles. The van der Waals surface area contributed by atoms with Crippen LogP contribution < -0.4 is 0 Å². The molecule has 1 unspecified atom stereocenters. The molecule has 1 heterocycles. The van der Waals surface area contributed by atoms with E-state index in [2.05, 4.69) is 40.5 Å². The van der Waals surface area contributed by atoms with Crippen LogP contribution in [-0.2, 0) is 0 Å². The van der Waals surface area contributed by atoms with Gasteiger partial charge in [0.2, 0.25) is 0 Å². The van der Waals surface area contributed by atoms with E-state index in [1.165, 1.54) is 6.42 Å². The van der Waals surface area contributed by atoms with Gasteiger partial charge >= 0.3 is 0 Å². The summed E-state index contributed by atoms with van der Waals surface area (Å²) in [5.41, 5.74) is 0.667. The number of hydrogen-bond donors (Lipinski definition) is 1. The molecule has 5 heteroatoms. The zero-order valence-electron chi connectivity index (χ0n) is 11.3. The van der Waals surface area contributed by atoms with Crippen molar-refractivity contribution in [3.05, 3.63) is 28.2 Å². The van der Waals surface area contributed by atoms with Gasteiger partial charge in [0.25, 0.3) is 5.91 Å². The van der Waals surface area contributed by atoms with Gasteiger partial charge < -0.3 is 9.80 Å². The average molecular weight is 343 g/mol. The van der Waals surface area contributed by atoms with Crippen LogP contribution >= 0.6 is 28.6 Å². The minimum atomic E-state index is 0.0482. The fourth-order valence-corrected chi connectivity index (χ4v) is 3.38. The number of thiol groups is 1. The number of carbonyl (C=O) groups is 1. The van der Waals surface area contributed by atoms with Gasteiger partial charge in [0.05, 0.1) is 5.56 Å². The normalized spacial score (nSPS) is 19.7. The van der Waals surface area contributed by atoms with Crippen molar-refractivity contribution >= 4 is 34.5 Å². The summed E-state index contributed by atoms with van der Waals surface area (Å²) in [6.07, 6.45) is 1.17. The maximum atomic E-state index is 12.4. The first-order valence-corrected chi connectivity index (χ1v) is 7.64. The van der Waals surface area contributed by atoms with E-state index in [9.17, 15) is 4.79 Å². The number of hydrogen-bond acceptors (Lipinski definition) is 3. The molecule has 2 rings (SSSR count). The van der Waals surface area contributed by atoms with Gasteiger partial charge in [0.15, 0.2) is 0 Å². The second-order valence-electron chi connectivity index (χ2n) is 5.26. The number of amides is 1. The van der Waals surface area contributed by atoms with E-state index < -0.39 is 0 Å². The van der Waals surface area contributed by atoms with Crippen molar-refractivity contribution in [2.24, 2.45) is 5.92 Å². The third-order valence-electron chi connectivity index (χ3n) is 3.56. The highest BCUT2D eigenvalue weighted by Gasteiger charge is 2.23. The highest BCUT2D eigenvalue weighted by Crippen LogP contribution is 2.22. The average Bonchev–Trinajstić information content (AvgIpc) is 2.74. The molecule has 0 saturated carbocycles. The zero-order valence-corrected chi connectivity index (χ0v) is 13.7. The van der Waals surface area contributed by atoms with Gasteiger partial charge in [-0.1, -0.05) is 15.9 Å². The van der Waals surface area contributed by atoms with E-state index in [4.69, 9.17) is 0 Å². The Bertz CT molecular complexity index is 481.